The fraction of sp³-hybridized carbons (Fsp3) is 0. The molecule has 220 valence electrons. The van der Waals surface area contributed by atoms with E-state index < -0.39 is 0 Å². The Hall–Kier alpha value is -5.69. The standard InChI is InChI=1S/C41H23N3OS2/c1-3-10-34-28(8-1)31-21-24(25-13-15-37-32(22-25)29-9-2-4-11-36(29)45-37)12-14-35(31)44(34)27-7-5-6-26(20-27)38-23-33-39-30(16-19-46-39)40-42-17-18-43(40)41(33)47-38/h1-23H. The molecule has 0 spiro atoms. The number of pyridine rings is 1. The predicted octanol–water partition coefficient (Wildman–Crippen LogP) is 12.1. The van der Waals surface area contributed by atoms with Gasteiger partial charge in [-0.1, -0.05) is 60.7 Å². The molecule has 0 bridgehead atoms. The first kappa shape index (κ1) is 25.5. The molecular weight excluding hydrogens is 615 g/mol. The number of furan rings is 1. The zero-order valence-corrected chi connectivity index (χ0v) is 26.5. The molecule has 0 aliphatic heterocycles. The van der Waals surface area contributed by atoms with E-state index in [1.165, 1.54) is 63.7 Å². The van der Waals surface area contributed by atoms with Crippen molar-refractivity contribution >= 4 is 92.4 Å². The highest BCUT2D eigenvalue weighted by Gasteiger charge is 2.17. The van der Waals surface area contributed by atoms with Gasteiger partial charge in [0, 0.05) is 60.0 Å². The van der Waals surface area contributed by atoms with Crippen molar-refractivity contribution in [2.45, 2.75) is 0 Å². The first-order valence-electron chi connectivity index (χ1n) is 15.6. The second-order valence-corrected chi connectivity index (χ2v) is 14.0. The van der Waals surface area contributed by atoms with Gasteiger partial charge in [0.2, 0.25) is 0 Å². The van der Waals surface area contributed by atoms with Crippen LogP contribution in [0.1, 0.15) is 0 Å². The summed E-state index contributed by atoms with van der Waals surface area (Å²) in [5.41, 5.74) is 10.00. The predicted molar refractivity (Wildman–Crippen MR) is 198 cm³/mol. The summed E-state index contributed by atoms with van der Waals surface area (Å²) in [5, 5.41) is 9.45. The van der Waals surface area contributed by atoms with Gasteiger partial charge in [0.1, 0.15) is 21.6 Å². The first-order chi connectivity index (χ1) is 23.3. The quantitative estimate of drug-likeness (QED) is 0.193. The van der Waals surface area contributed by atoms with Crippen LogP contribution >= 0.6 is 22.7 Å². The zero-order valence-electron chi connectivity index (χ0n) is 24.8. The molecule has 0 aliphatic carbocycles. The Morgan fingerprint density at radius 2 is 1.38 bits per heavy atom. The van der Waals surface area contributed by atoms with Crippen LogP contribution in [0.25, 0.3) is 96.9 Å². The summed E-state index contributed by atoms with van der Waals surface area (Å²) < 4.78 is 12.1. The number of aromatic nitrogens is 3. The van der Waals surface area contributed by atoms with Crippen LogP contribution in [-0.4, -0.2) is 14.0 Å². The summed E-state index contributed by atoms with van der Waals surface area (Å²) >= 11 is 3.62. The maximum absolute atomic E-state index is 6.11. The molecule has 5 aromatic carbocycles. The molecule has 0 aliphatic rings. The molecule has 0 N–H and O–H groups in total. The molecule has 0 saturated heterocycles. The number of rotatable bonds is 3. The van der Waals surface area contributed by atoms with Crippen LogP contribution in [0.5, 0.6) is 0 Å². The van der Waals surface area contributed by atoms with E-state index >= 15 is 0 Å². The summed E-state index contributed by atoms with van der Waals surface area (Å²) in [6.45, 7) is 0. The van der Waals surface area contributed by atoms with Gasteiger partial charge in [-0.05, 0) is 82.7 Å². The van der Waals surface area contributed by atoms with Crippen molar-refractivity contribution < 1.29 is 4.42 Å². The molecule has 0 unspecified atom stereocenters. The molecule has 11 aromatic rings. The van der Waals surface area contributed by atoms with Gasteiger partial charge in [0.05, 0.1) is 11.0 Å². The Bertz CT molecular complexity index is 2970. The Morgan fingerprint density at radius 3 is 2.34 bits per heavy atom. The number of nitrogens with zero attached hydrogens (tertiary/aromatic N) is 3. The smallest absolute Gasteiger partial charge is 0.146 e. The van der Waals surface area contributed by atoms with E-state index in [9.17, 15) is 0 Å². The van der Waals surface area contributed by atoms with Crippen LogP contribution < -0.4 is 0 Å². The molecule has 0 radical (unpaired) electrons. The molecule has 0 atom stereocenters. The lowest BCUT2D eigenvalue weighted by molar-refractivity contribution is 0.669. The third kappa shape index (κ3) is 3.59. The Morgan fingerprint density at radius 1 is 0.574 bits per heavy atom. The van der Waals surface area contributed by atoms with Gasteiger partial charge in [-0.2, -0.15) is 0 Å². The van der Waals surface area contributed by atoms with Crippen molar-refractivity contribution in [2.24, 2.45) is 0 Å². The van der Waals surface area contributed by atoms with Gasteiger partial charge in [-0.15, -0.1) is 22.7 Å². The molecule has 0 fully saturated rings. The van der Waals surface area contributed by atoms with E-state index in [1.807, 2.05) is 29.7 Å². The Labute approximate surface area is 276 Å². The number of hydrogen-bond acceptors (Lipinski definition) is 4. The fourth-order valence-corrected chi connectivity index (χ4v) is 9.48. The number of para-hydroxylation sites is 2. The minimum atomic E-state index is 0.917. The molecule has 4 nitrogen and oxygen atoms in total. The highest BCUT2D eigenvalue weighted by Crippen LogP contribution is 2.42. The zero-order chi connectivity index (χ0) is 30.6. The van der Waals surface area contributed by atoms with Crippen molar-refractivity contribution in [1.82, 2.24) is 14.0 Å². The van der Waals surface area contributed by atoms with Crippen LogP contribution in [0.2, 0.25) is 0 Å². The van der Waals surface area contributed by atoms with E-state index in [0.717, 1.165) is 33.3 Å². The molecular formula is C41H23N3OS2. The van der Waals surface area contributed by atoms with Gasteiger partial charge in [-0.3, -0.25) is 4.40 Å². The van der Waals surface area contributed by atoms with Crippen molar-refractivity contribution in [1.29, 1.82) is 0 Å². The van der Waals surface area contributed by atoms with Crippen molar-refractivity contribution in [3.8, 4) is 27.3 Å². The van der Waals surface area contributed by atoms with E-state index in [2.05, 4.69) is 135 Å². The van der Waals surface area contributed by atoms with Crippen LogP contribution in [0.3, 0.4) is 0 Å². The molecule has 0 amide bonds. The van der Waals surface area contributed by atoms with Crippen LogP contribution in [0.4, 0.5) is 0 Å². The second-order valence-electron chi connectivity index (χ2n) is 12.1. The van der Waals surface area contributed by atoms with Crippen molar-refractivity contribution in [3.63, 3.8) is 0 Å². The summed E-state index contributed by atoms with van der Waals surface area (Å²) in [5.74, 6) is 0. The average Bonchev–Trinajstić information content (AvgIpc) is 3.95. The minimum absolute atomic E-state index is 0.917. The SMILES string of the molecule is c1cc(-c2cc3c4sccc4c4nccn4c3s2)cc(-n2c3ccccc3c3cc(-c4ccc5oc6ccccc6c5c4)ccc32)c1. The van der Waals surface area contributed by atoms with Gasteiger partial charge in [-0.25, -0.2) is 4.98 Å². The number of benzene rings is 5. The first-order valence-corrected chi connectivity index (χ1v) is 17.3. The van der Waals surface area contributed by atoms with Crippen molar-refractivity contribution in [2.75, 3.05) is 0 Å². The third-order valence-corrected chi connectivity index (χ3v) is 11.6. The molecule has 6 heteroatoms. The highest BCUT2D eigenvalue weighted by molar-refractivity contribution is 7.24. The third-order valence-electron chi connectivity index (χ3n) is 9.49. The van der Waals surface area contributed by atoms with Gasteiger partial charge in [0.15, 0.2) is 0 Å². The molecule has 6 aromatic heterocycles. The van der Waals surface area contributed by atoms with Crippen LogP contribution in [-0.2, 0) is 0 Å². The van der Waals surface area contributed by atoms with Crippen molar-refractivity contribution in [3.05, 3.63) is 139 Å². The maximum atomic E-state index is 6.11. The van der Waals surface area contributed by atoms with Crippen LogP contribution in [0, 0.1) is 0 Å². The van der Waals surface area contributed by atoms with Gasteiger partial charge in [0.25, 0.3) is 0 Å². The number of imidazole rings is 1. The van der Waals surface area contributed by atoms with E-state index in [4.69, 9.17) is 4.42 Å². The fourth-order valence-electron chi connectivity index (χ4n) is 7.36. The summed E-state index contributed by atoms with van der Waals surface area (Å²) in [6, 6.07) is 43.9. The minimum Gasteiger partial charge on any atom is -0.456 e. The summed E-state index contributed by atoms with van der Waals surface area (Å²) in [4.78, 5) is 7.16. The number of hydrogen-bond donors (Lipinski definition) is 0. The largest absolute Gasteiger partial charge is 0.456 e. The Kier molecular flexibility index (Phi) is 5.11. The van der Waals surface area contributed by atoms with E-state index in [1.54, 1.807) is 11.3 Å². The normalized spacial score (nSPS) is 12.3. The lowest BCUT2D eigenvalue weighted by Gasteiger charge is -2.10. The molecule has 47 heavy (non-hydrogen) atoms. The number of thiophene rings is 2. The Balaban J connectivity index is 1.08. The van der Waals surface area contributed by atoms with E-state index in [-0.39, 0.29) is 0 Å². The number of fused-ring (bicyclic) bond motifs is 12. The average molecular weight is 638 g/mol. The topological polar surface area (TPSA) is 35.4 Å². The van der Waals surface area contributed by atoms with Gasteiger partial charge >= 0.3 is 0 Å². The molecule has 0 saturated carbocycles. The maximum Gasteiger partial charge on any atom is 0.146 e. The molecule has 11 rings (SSSR count). The lowest BCUT2D eigenvalue weighted by Crippen LogP contribution is -1.94. The second kappa shape index (κ2) is 9.42. The highest BCUT2D eigenvalue weighted by atomic mass is 32.1. The summed E-state index contributed by atoms with van der Waals surface area (Å²) in [7, 11) is 0. The lowest BCUT2D eigenvalue weighted by atomic mass is 10.0. The molecule has 6 heterocycles. The summed E-state index contributed by atoms with van der Waals surface area (Å²) in [6.07, 6.45) is 3.98. The van der Waals surface area contributed by atoms with Gasteiger partial charge < -0.3 is 8.98 Å². The van der Waals surface area contributed by atoms with Crippen LogP contribution in [0.15, 0.2) is 144 Å². The van der Waals surface area contributed by atoms with E-state index in [0.29, 0.717) is 0 Å². The monoisotopic (exact) mass is 637 g/mol.